The van der Waals surface area contributed by atoms with Gasteiger partial charge in [-0.15, -0.1) is 13.2 Å². The summed E-state index contributed by atoms with van der Waals surface area (Å²) in [5.74, 6) is -9.32. The van der Waals surface area contributed by atoms with Crippen molar-refractivity contribution < 1.29 is 52.7 Å². The number of alkyl halides is 3. The van der Waals surface area contributed by atoms with E-state index in [1.165, 1.54) is 19.0 Å². The number of primary amides is 1. The van der Waals surface area contributed by atoms with Crippen molar-refractivity contribution in [3.63, 3.8) is 0 Å². The number of nitrogens with two attached hydrogens (primary N) is 1. The van der Waals surface area contributed by atoms with Gasteiger partial charge in [-0.1, -0.05) is 0 Å². The van der Waals surface area contributed by atoms with E-state index in [9.17, 15) is 48.0 Å². The zero-order chi connectivity index (χ0) is 29.5. The van der Waals surface area contributed by atoms with E-state index in [1.807, 2.05) is 0 Å². The summed E-state index contributed by atoms with van der Waals surface area (Å²) >= 11 is 0. The highest BCUT2D eigenvalue weighted by atomic mass is 19.4. The Kier molecular flexibility index (Phi) is 6.43. The molecule has 1 amide bonds. The van der Waals surface area contributed by atoms with Gasteiger partial charge < -0.3 is 36.2 Å². The molecule has 0 aromatic heterocycles. The molecule has 40 heavy (non-hydrogen) atoms. The van der Waals surface area contributed by atoms with Crippen LogP contribution >= 0.6 is 0 Å². The number of likely N-dealkylation sites (N-methyl/N-ethyl adjacent to an activating group) is 1. The molecule has 0 radical (unpaired) electrons. The van der Waals surface area contributed by atoms with E-state index in [-0.39, 0.29) is 24.0 Å². The molecule has 0 bridgehead atoms. The lowest BCUT2D eigenvalue weighted by Crippen LogP contribution is -2.65. The van der Waals surface area contributed by atoms with Gasteiger partial charge in [0.1, 0.15) is 28.6 Å². The fraction of sp³-hybridized carbons (Fsp3) is 0.500. The number of ether oxygens (including phenoxy) is 1. The number of aliphatic hydroxyl groups is 3. The number of phenols is 1. The number of aliphatic hydroxyl groups excluding tert-OH is 2. The summed E-state index contributed by atoms with van der Waals surface area (Å²) < 4.78 is 45.2. The third-order valence-corrected chi connectivity index (χ3v) is 8.35. The minimum atomic E-state index is -5.12. The summed E-state index contributed by atoms with van der Waals surface area (Å²) in [4.78, 5) is 40.4. The van der Waals surface area contributed by atoms with Gasteiger partial charge >= 0.3 is 6.36 Å². The largest absolute Gasteiger partial charge is 0.573 e. The Labute approximate surface area is 225 Å². The predicted octanol–water partition coefficient (Wildman–Crippen LogP) is 1.29. The first-order valence-electron chi connectivity index (χ1n) is 12.6. The Balaban J connectivity index is 1.74. The maximum absolute atomic E-state index is 13.8. The summed E-state index contributed by atoms with van der Waals surface area (Å²) in [5, 5.41) is 47.7. The third-order valence-electron chi connectivity index (χ3n) is 8.35. The summed E-state index contributed by atoms with van der Waals surface area (Å²) in [7, 11) is 2.89. The second-order valence-corrected chi connectivity index (χ2v) is 10.8. The lowest BCUT2D eigenvalue weighted by molar-refractivity contribution is -0.275. The molecular weight excluding hydrogens is 539 g/mol. The van der Waals surface area contributed by atoms with Crippen molar-refractivity contribution >= 4 is 23.2 Å². The molecule has 1 aromatic rings. The Bertz CT molecular complexity index is 1400. The second kappa shape index (κ2) is 9.21. The average molecular weight is 568 g/mol. The van der Waals surface area contributed by atoms with Crippen molar-refractivity contribution in [3.05, 3.63) is 39.7 Å². The fourth-order valence-corrected chi connectivity index (χ4v) is 6.76. The van der Waals surface area contributed by atoms with E-state index in [2.05, 4.69) is 10.1 Å². The van der Waals surface area contributed by atoms with Gasteiger partial charge in [0.05, 0.1) is 11.6 Å². The number of ketones is 2. The molecule has 1 saturated heterocycles. The molecule has 1 aromatic carbocycles. The van der Waals surface area contributed by atoms with Crippen molar-refractivity contribution in [3.8, 4) is 11.5 Å². The van der Waals surface area contributed by atoms with Gasteiger partial charge in [-0.05, 0) is 58.3 Å². The summed E-state index contributed by atoms with van der Waals surface area (Å²) in [5.41, 5.74) is 0.386. The fourth-order valence-electron chi connectivity index (χ4n) is 6.76. The average Bonchev–Trinajstić information content (AvgIpc) is 3.36. The molecule has 1 saturated carbocycles. The van der Waals surface area contributed by atoms with Crippen LogP contribution in [0.2, 0.25) is 0 Å². The molecule has 1 aliphatic heterocycles. The van der Waals surface area contributed by atoms with Crippen LogP contribution in [-0.2, 0) is 20.8 Å². The smallest absolute Gasteiger partial charge is 0.508 e. The van der Waals surface area contributed by atoms with Crippen LogP contribution in [0.4, 0.5) is 13.2 Å². The number of benzene rings is 1. The molecule has 3 aliphatic carbocycles. The van der Waals surface area contributed by atoms with Crippen LogP contribution in [-0.4, -0.2) is 81.4 Å². The lowest BCUT2D eigenvalue weighted by Gasteiger charge is -2.50. The first-order chi connectivity index (χ1) is 18.6. The molecule has 0 spiro atoms. The van der Waals surface area contributed by atoms with Crippen LogP contribution in [0.25, 0.3) is 5.76 Å². The zero-order valence-corrected chi connectivity index (χ0v) is 21.5. The zero-order valence-electron chi connectivity index (χ0n) is 21.5. The number of rotatable bonds is 4. The maximum atomic E-state index is 13.8. The van der Waals surface area contributed by atoms with Crippen LogP contribution in [0.3, 0.4) is 0 Å². The number of carbonyl (C=O) groups is 3. The van der Waals surface area contributed by atoms with Crippen LogP contribution in [0, 0.1) is 11.8 Å². The molecule has 1 heterocycles. The van der Waals surface area contributed by atoms with Gasteiger partial charge in [-0.2, -0.15) is 0 Å². The lowest BCUT2D eigenvalue weighted by atomic mass is 9.57. The molecule has 11 nitrogen and oxygen atoms in total. The number of hydrogen-bond acceptors (Lipinski definition) is 10. The SMILES string of the molecule is CN(C)[C@@H]1C(=O)C(C(N)=O)=C(O)[C@@]2(O)C(=O)C3=C(O)c4c(O)cc(C5CCCN5)c(OC(F)(F)F)c4C[C@H]3C[C@@H]12. The minimum absolute atomic E-state index is 0.0339. The van der Waals surface area contributed by atoms with E-state index in [0.29, 0.717) is 19.4 Å². The number of nitrogens with one attached hydrogen (secondary N) is 1. The second-order valence-electron chi connectivity index (χ2n) is 10.8. The third kappa shape index (κ3) is 3.96. The van der Waals surface area contributed by atoms with E-state index in [1.54, 1.807) is 0 Å². The number of aromatic hydroxyl groups is 1. The molecule has 5 atom stereocenters. The molecule has 2 fully saturated rings. The van der Waals surface area contributed by atoms with Gasteiger partial charge in [0.2, 0.25) is 5.78 Å². The summed E-state index contributed by atoms with van der Waals surface area (Å²) in [6.45, 7) is 0.533. The molecular formula is C26H28F3N3O8. The Morgan fingerprint density at radius 3 is 2.45 bits per heavy atom. The van der Waals surface area contributed by atoms with Gasteiger partial charge in [0.25, 0.3) is 5.91 Å². The first-order valence-corrected chi connectivity index (χ1v) is 12.6. The van der Waals surface area contributed by atoms with Gasteiger partial charge in [-0.3, -0.25) is 19.3 Å². The number of halogens is 3. The van der Waals surface area contributed by atoms with E-state index in [4.69, 9.17) is 5.73 Å². The van der Waals surface area contributed by atoms with Crippen LogP contribution in [0.5, 0.6) is 11.5 Å². The van der Waals surface area contributed by atoms with Gasteiger partial charge in [0.15, 0.2) is 11.4 Å². The predicted molar refractivity (Wildman–Crippen MR) is 131 cm³/mol. The van der Waals surface area contributed by atoms with E-state index >= 15 is 0 Å². The number of Topliss-reactive ketones (excluding diaryl/α,β-unsaturated/α-hetero) is 2. The van der Waals surface area contributed by atoms with E-state index in [0.717, 1.165) is 6.07 Å². The molecule has 1 unspecified atom stereocenters. The summed E-state index contributed by atoms with van der Waals surface area (Å²) in [6.07, 6.45) is -4.56. The van der Waals surface area contributed by atoms with Crippen molar-refractivity contribution in [2.45, 2.75) is 49.7 Å². The van der Waals surface area contributed by atoms with Crippen LogP contribution in [0.1, 0.15) is 42.0 Å². The van der Waals surface area contributed by atoms with Crippen LogP contribution in [0.15, 0.2) is 23.0 Å². The highest BCUT2D eigenvalue weighted by Crippen LogP contribution is 2.55. The molecule has 5 rings (SSSR count). The Morgan fingerprint density at radius 1 is 1.23 bits per heavy atom. The minimum Gasteiger partial charge on any atom is -0.508 e. The Hall–Kier alpha value is -3.62. The highest BCUT2D eigenvalue weighted by molar-refractivity contribution is 6.24. The molecule has 4 aliphatic rings. The first kappa shape index (κ1) is 27.9. The number of carbonyl (C=O) groups excluding carboxylic acids is 3. The van der Waals surface area contributed by atoms with Crippen LogP contribution < -0.4 is 15.8 Å². The molecule has 7 N–H and O–H groups in total. The normalized spacial score (nSPS) is 30.4. The number of hydrogen-bond donors (Lipinski definition) is 6. The topological polar surface area (TPSA) is 183 Å². The quantitative estimate of drug-likeness (QED) is 0.290. The monoisotopic (exact) mass is 567 g/mol. The van der Waals surface area contributed by atoms with Gasteiger partial charge in [0, 0.05) is 28.7 Å². The number of nitrogens with zero attached hydrogens (tertiary/aromatic N) is 1. The van der Waals surface area contributed by atoms with Gasteiger partial charge in [-0.25, -0.2) is 0 Å². The van der Waals surface area contributed by atoms with Crippen molar-refractivity contribution in [1.82, 2.24) is 10.2 Å². The van der Waals surface area contributed by atoms with Crippen molar-refractivity contribution in [2.75, 3.05) is 20.6 Å². The molecule has 14 heteroatoms. The standard InChI is InChI=1S/C26H28F3N3O8/c1-32(2)18-12-7-9-6-11-16(14(33)8-10(13-4-3-5-31-13)21(11)40-26(27,28)29)19(34)15(9)22(36)25(12,39)23(37)17(20(18)35)24(30)38/h8-9,12-13,18,31,33-34,37,39H,3-7H2,1-2H3,(H2,30,38)/t9-,12-,13?,18-,25-/m0/s1. The number of phenolic OH excluding ortho intramolecular Hbond substituents is 1. The number of fused-ring (bicyclic) bond motifs is 3. The van der Waals surface area contributed by atoms with Crippen molar-refractivity contribution in [2.24, 2.45) is 17.6 Å². The Morgan fingerprint density at radius 2 is 1.90 bits per heavy atom. The van der Waals surface area contributed by atoms with Crippen molar-refractivity contribution in [1.29, 1.82) is 0 Å². The maximum Gasteiger partial charge on any atom is 0.573 e. The van der Waals surface area contributed by atoms with E-state index < -0.39 is 93.1 Å². The summed E-state index contributed by atoms with van der Waals surface area (Å²) in [6, 6.07) is -0.845. The number of amides is 1. The molecule has 216 valence electrons. The highest BCUT2D eigenvalue weighted by Gasteiger charge is 2.64.